The first-order chi connectivity index (χ1) is 16.8. The van der Waals surface area contributed by atoms with E-state index in [4.69, 9.17) is 4.74 Å². The van der Waals surface area contributed by atoms with Gasteiger partial charge in [-0.15, -0.1) is 0 Å². The van der Waals surface area contributed by atoms with E-state index in [9.17, 15) is 9.18 Å². The number of ether oxygens (including phenoxy) is 1. The number of aryl methyl sites for hydroxylation is 1. The summed E-state index contributed by atoms with van der Waals surface area (Å²) in [6.07, 6.45) is 3.41. The Bertz CT molecular complexity index is 1410. The lowest BCUT2D eigenvalue weighted by Crippen LogP contribution is -2.54. The van der Waals surface area contributed by atoms with E-state index in [1.165, 1.54) is 10.7 Å². The van der Waals surface area contributed by atoms with E-state index in [-0.39, 0.29) is 11.5 Å². The maximum atomic E-state index is 14.6. The second-order valence-electron chi connectivity index (χ2n) is 9.01. The van der Waals surface area contributed by atoms with Crippen LogP contribution in [0.15, 0.2) is 36.7 Å². The molecule has 2 aromatic carbocycles. The normalized spacial score (nSPS) is 18.3. The lowest BCUT2D eigenvalue weighted by molar-refractivity contribution is 0.102. The van der Waals surface area contributed by atoms with Gasteiger partial charge in [0.1, 0.15) is 5.52 Å². The van der Waals surface area contributed by atoms with Crippen molar-refractivity contribution in [1.82, 2.24) is 25.1 Å². The first-order valence-corrected chi connectivity index (χ1v) is 11.7. The molecule has 9 nitrogen and oxygen atoms in total. The molecular weight excluding hydrogens is 449 g/mol. The molecule has 0 unspecified atom stereocenters. The Hall–Kier alpha value is -3.79. The third-order valence-corrected chi connectivity index (χ3v) is 6.06. The Morgan fingerprint density at radius 1 is 1.23 bits per heavy atom. The molecule has 35 heavy (non-hydrogen) atoms. The zero-order valence-electron chi connectivity index (χ0n) is 20.2. The van der Waals surface area contributed by atoms with Gasteiger partial charge in [0.2, 0.25) is 0 Å². The molecule has 1 aliphatic heterocycles. The monoisotopic (exact) mass is 477 g/mol. The molecule has 0 bridgehead atoms. The van der Waals surface area contributed by atoms with Crippen molar-refractivity contribution < 1.29 is 13.9 Å². The minimum absolute atomic E-state index is 0.205. The van der Waals surface area contributed by atoms with Crippen molar-refractivity contribution in [3.63, 3.8) is 0 Å². The van der Waals surface area contributed by atoms with Crippen LogP contribution in [-0.4, -0.2) is 57.4 Å². The highest BCUT2D eigenvalue weighted by Crippen LogP contribution is 2.31. The first kappa shape index (κ1) is 23.0. The molecule has 2 atom stereocenters. The molecule has 0 aliphatic carbocycles. The van der Waals surface area contributed by atoms with Gasteiger partial charge in [-0.1, -0.05) is 0 Å². The predicted octanol–water partition coefficient (Wildman–Crippen LogP) is 3.49. The van der Waals surface area contributed by atoms with Crippen LogP contribution < -0.4 is 20.3 Å². The average molecular weight is 478 g/mol. The van der Waals surface area contributed by atoms with Gasteiger partial charge in [-0.2, -0.15) is 10.1 Å². The summed E-state index contributed by atoms with van der Waals surface area (Å²) >= 11 is 0. The van der Waals surface area contributed by atoms with Crippen LogP contribution in [0.3, 0.4) is 0 Å². The molecule has 4 aromatic rings. The molecule has 0 spiro atoms. The highest BCUT2D eigenvalue weighted by atomic mass is 19.1. The fraction of sp³-hybridized carbons (Fsp3) is 0.360. The van der Waals surface area contributed by atoms with Crippen LogP contribution in [0.1, 0.15) is 31.1 Å². The van der Waals surface area contributed by atoms with E-state index in [0.717, 1.165) is 24.2 Å². The van der Waals surface area contributed by atoms with Crippen molar-refractivity contribution in [3.05, 3.63) is 48.0 Å². The van der Waals surface area contributed by atoms with Gasteiger partial charge in [0, 0.05) is 66.8 Å². The van der Waals surface area contributed by atoms with Gasteiger partial charge in [0.25, 0.3) is 5.91 Å². The van der Waals surface area contributed by atoms with Crippen LogP contribution in [0.25, 0.3) is 21.8 Å². The van der Waals surface area contributed by atoms with Crippen molar-refractivity contribution in [2.45, 2.75) is 32.9 Å². The zero-order chi connectivity index (χ0) is 24.7. The number of amides is 1. The summed E-state index contributed by atoms with van der Waals surface area (Å²) in [5.41, 5.74) is 2.40. The summed E-state index contributed by atoms with van der Waals surface area (Å²) in [5, 5.41) is 11.8. The number of fused-ring (bicyclic) bond motifs is 2. The van der Waals surface area contributed by atoms with E-state index in [1.807, 2.05) is 13.0 Å². The number of benzene rings is 2. The van der Waals surface area contributed by atoms with E-state index in [0.29, 0.717) is 40.8 Å². The van der Waals surface area contributed by atoms with Gasteiger partial charge >= 0.3 is 6.01 Å². The third kappa shape index (κ3) is 4.49. The Balaban J connectivity index is 1.55. The molecule has 1 saturated heterocycles. The molecule has 10 heteroatoms. The van der Waals surface area contributed by atoms with Crippen LogP contribution in [0.5, 0.6) is 6.01 Å². The third-order valence-electron chi connectivity index (χ3n) is 6.06. The number of hydrogen-bond acceptors (Lipinski definition) is 7. The minimum Gasteiger partial charge on any atom is -0.464 e. The van der Waals surface area contributed by atoms with Gasteiger partial charge in [-0.05, 0) is 45.0 Å². The summed E-state index contributed by atoms with van der Waals surface area (Å²) in [7, 11) is 1.72. The summed E-state index contributed by atoms with van der Waals surface area (Å²) < 4.78 is 21.6. The molecule has 1 amide bonds. The van der Waals surface area contributed by atoms with Crippen LogP contribution in [-0.2, 0) is 7.05 Å². The molecule has 5 rings (SSSR count). The number of carbonyl (C=O) groups excluding carboxylic acids is 1. The fourth-order valence-electron chi connectivity index (χ4n) is 4.75. The molecule has 2 aromatic heterocycles. The van der Waals surface area contributed by atoms with Gasteiger partial charge in [0.05, 0.1) is 17.7 Å². The highest BCUT2D eigenvalue weighted by molar-refractivity contribution is 6.14. The highest BCUT2D eigenvalue weighted by Gasteiger charge is 2.25. The van der Waals surface area contributed by atoms with Crippen LogP contribution in [0, 0.1) is 5.82 Å². The number of rotatable bonds is 5. The standard InChI is InChI=1S/C25H28FN7O2/c1-5-35-25-27-10-19-21(33-11-14(2)28-15(3)12-33)7-6-18(23(19)30-25)24(34)29-17-8-16-13-32(4)31-22(16)20(26)9-17/h6-10,13-15,28H,5,11-12H2,1-4H3,(H,29,34)/t14-,15-/m0/s1. The molecule has 0 saturated carbocycles. The SMILES string of the molecule is CCOc1ncc2c(N3C[C@H](C)N[C@@H](C)C3)ccc(C(=O)Nc3cc(F)c4nn(C)cc4c3)c2n1. The van der Waals surface area contributed by atoms with E-state index < -0.39 is 11.7 Å². The average Bonchev–Trinajstić information content (AvgIpc) is 3.18. The second-order valence-corrected chi connectivity index (χ2v) is 9.01. The fourth-order valence-corrected chi connectivity index (χ4v) is 4.75. The number of nitrogens with one attached hydrogen (secondary N) is 2. The lowest BCUT2D eigenvalue weighted by atomic mass is 10.0. The van der Waals surface area contributed by atoms with E-state index in [1.54, 1.807) is 31.6 Å². The minimum atomic E-state index is -0.499. The zero-order valence-corrected chi connectivity index (χ0v) is 20.2. The molecule has 182 valence electrons. The number of nitrogens with zero attached hydrogens (tertiary/aromatic N) is 5. The molecule has 2 N–H and O–H groups in total. The Labute approximate surface area is 202 Å². The maximum absolute atomic E-state index is 14.6. The molecule has 1 aliphatic rings. The Morgan fingerprint density at radius 2 is 2.00 bits per heavy atom. The van der Waals surface area contributed by atoms with Crippen molar-refractivity contribution in [3.8, 4) is 6.01 Å². The second kappa shape index (κ2) is 9.10. The lowest BCUT2D eigenvalue weighted by Gasteiger charge is -2.38. The number of piperazine rings is 1. The largest absolute Gasteiger partial charge is 0.464 e. The number of hydrogen-bond donors (Lipinski definition) is 2. The molecule has 3 heterocycles. The molecular formula is C25H28FN7O2. The van der Waals surface area contributed by atoms with E-state index >= 15 is 0 Å². The van der Waals surface area contributed by atoms with Crippen LogP contribution >= 0.6 is 0 Å². The summed E-state index contributed by atoms with van der Waals surface area (Å²) in [6, 6.07) is 7.49. The van der Waals surface area contributed by atoms with Gasteiger partial charge in [-0.25, -0.2) is 9.37 Å². The van der Waals surface area contributed by atoms with Gasteiger partial charge in [-0.3, -0.25) is 9.48 Å². The summed E-state index contributed by atoms with van der Waals surface area (Å²) in [6.45, 7) is 8.20. The van der Waals surface area contributed by atoms with Crippen molar-refractivity contribution in [2.75, 3.05) is 29.9 Å². The number of aromatic nitrogens is 4. The summed E-state index contributed by atoms with van der Waals surface area (Å²) in [4.78, 5) is 24.6. The topological polar surface area (TPSA) is 97.2 Å². The number of anilines is 2. The molecule has 0 radical (unpaired) electrons. The van der Waals surface area contributed by atoms with Crippen molar-refractivity contribution >= 4 is 39.1 Å². The van der Waals surface area contributed by atoms with Gasteiger partial charge in [0.15, 0.2) is 5.82 Å². The molecule has 1 fully saturated rings. The smallest absolute Gasteiger partial charge is 0.316 e. The van der Waals surface area contributed by atoms with Crippen molar-refractivity contribution in [2.24, 2.45) is 7.05 Å². The van der Waals surface area contributed by atoms with Crippen LogP contribution in [0.2, 0.25) is 0 Å². The number of halogens is 1. The summed E-state index contributed by atoms with van der Waals surface area (Å²) in [5.74, 6) is -0.895. The Morgan fingerprint density at radius 3 is 2.74 bits per heavy atom. The quantitative estimate of drug-likeness (QED) is 0.454. The Kier molecular flexibility index (Phi) is 5.98. The van der Waals surface area contributed by atoms with Gasteiger partial charge < -0.3 is 20.3 Å². The van der Waals surface area contributed by atoms with Crippen LogP contribution in [0.4, 0.5) is 15.8 Å². The number of carbonyl (C=O) groups is 1. The predicted molar refractivity (Wildman–Crippen MR) is 134 cm³/mol. The van der Waals surface area contributed by atoms with Crippen molar-refractivity contribution in [1.29, 1.82) is 0 Å². The first-order valence-electron chi connectivity index (χ1n) is 11.7. The maximum Gasteiger partial charge on any atom is 0.316 e. The van der Waals surface area contributed by atoms with E-state index in [2.05, 4.69) is 44.4 Å².